The van der Waals surface area contributed by atoms with E-state index in [1.54, 1.807) is 11.8 Å². The number of carbonyl (C=O) groups excluding carboxylic acids is 3. The zero-order chi connectivity index (χ0) is 20.6. The third-order valence-electron chi connectivity index (χ3n) is 5.33. The van der Waals surface area contributed by atoms with Crippen LogP contribution in [-0.2, 0) is 16.0 Å². The van der Waals surface area contributed by atoms with Crippen LogP contribution in [0.4, 0.5) is 0 Å². The first-order valence-electron chi connectivity index (χ1n) is 10.1. The fourth-order valence-electron chi connectivity index (χ4n) is 3.54. The molecule has 1 aliphatic heterocycles. The summed E-state index contributed by atoms with van der Waals surface area (Å²) in [5.41, 5.74) is 1.82. The lowest BCUT2D eigenvalue weighted by Gasteiger charge is -2.31. The number of ketones is 2. The van der Waals surface area contributed by atoms with Gasteiger partial charge >= 0.3 is 0 Å². The van der Waals surface area contributed by atoms with Crippen LogP contribution in [0.3, 0.4) is 0 Å². The molecule has 0 spiro atoms. The number of likely N-dealkylation sites (tertiary alicyclic amines) is 1. The van der Waals surface area contributed by atoms with Crippen LogP contribution in [0, 0.1) is 5.92 Å². The monoisotopic (exact) mass is 393 g/mol. The van der Waals surface area contributed by atoms with E-state index >= 15 is 0 Å². The Morgan fingerprint density at radius 1 is 0.966 bits per heavy atom. The summed E-state index contributed by atoms with van der Waals surface area (Å²) in [6, 6.07) is 16.8. The lowest BCUT2D eigenvalue weighted by molar-refractivity contribution is -0.134. The molecule has 5 nitrogen and oxygen atoms in total. The highest BCUT2D eigenvalue weighted by atomic mass is 16.5. The van der Waals surface area contributed by atoms with Gasteiger partial charge in [0.25, 0.3) is 5.91 Å². The number of aryl methyl sites for hydroxylation is 1. The highest BCUT2D eigenvalue weighted by molar-refractivity contribution is 5.98. The van der Waals surface area contributed by atoms with Crippen molar-refractivity contribution >= 4 is 17.5 Å². The van der Waals surface area contributed by atoms with Crippen LogP contribution >= 0.6 is 0 Å². The largest absolute Gasteiger partial charge is 0.484 e. The normalized spacial score (nSPS) is 14.4. The number of ether oxygens (including phenoxy) is 1. The second kappa shape index (κ2) is 10.0. The minimum absolute atomic E-state index is 0.00983. The summed E-state index contributed by atoms with van der Waals surface area (Å²) in [4.78, 5) is 37.8. The molecule has 1 aliphatic rings. The number of piperidine rings is 1. The number of carbonyl (C=O) groups is 3. The van der Waals surface area contributed by atoms with Gasteiger partial charge in [0, 0.05) is 31.0 Å². The molecule has 0 saturated carbocycles. The smallest absolute Gasteiger partial charge is 0.260 e. The van der Waals surface area contributed by atoms with Crippen LogP contribution in [0.5, 0.6) is 5.75 Å². The number of hydrogen-bond acceptors (Lipinski definition) is 4. The third kappa shape index (κ3) is 6.01. The van der Waals surface area contributed by atoms with Gasteiger partial charge in [0.1, 0.15) is 11.5 Å². The average Bonchev–Trinajstić information content (AvgIpc) is 2.77. The number of benzene rings is 2. The predicted octanol–water partition coefficient (Wildman–Crippen LogP) is 3.71. The molecule has 1 amide bonds. The molecule has 2 aromatic rings. The average molecular weight is 393 g/mol. The molecule has 0 aliphatic carbocycles. The van der Waals surface area contributed by atoms with Gasteiger partial charge in [-0.05, 0) is 43.9 Å². The second-order valence-corrected chi connectivity index (χ2v) is 7.52. The van der Waals surface area contributed by atoms with Crippen LogP contribution < -0.4 is 4.74 Å². The molecule has 152 valence electrons. The summed E-state index contributed by atoms with van der Waals surface area (Å²) in [7, 11) is 0. The maximum absolute atomic E-state index is 12.6. The molecular weight excluding hydrogens is 366 g/mol. The molecule has 0 bridgehead atoms. The van der Waals surface area contributed by atoms with Gasteiger partial charge in [-0.2, -0.15) is 0 Å². The Morgan fingerprint density at radius 3 is 2.24 bits per heavy atom. The molecule has 0 radical (unpaired) electrons. The van der Waals surface area contributed by atoms with E-state index in [2.05, 4.69) is 0 Å². The molecule has 29 heavy (non-hydrogen) atoms. The fourth-order valence-corrected chi connectivity index (χ4v) is 3.54. The SMILES string of the molecule is CC(=O)CCc1ccc(OCC(=O)N2CCC(C(=O)c3ccccc3)CC2)cc1. The zero-order valence-electron chi connectivity index (χ0n) is 16.8. The van der Waals surface area contributed by atoms with E-state index in [-0.39, 0.29) is 30.0 Å². The van der Waals surface area contributed by atoms with Crippen LogP contribution in [0.2, 0.25) is 0 Å². The van der Waals surface area contributed by atoms with Crippen molar-refractivity contribution in [1.82, 2.24) is 4.90 Å². The van der Waals surface area contributed by atoms with Crippen molar-refractivity contribution in [2.75, 3.05) is 19.7 Å². The Bertz CT molecular complexity index is 837. The van der Waals surface area contributed by atoms with E-state index in [0.29, 0.717) is 44.5 Å². The van der Waals surface area contributed by atoms with Gasteiger partial charge in [-0.1, -0.05) is 42.5 Å². The number of nitrogens with zero attached hydrogens (tertiary/aromatic N) is 1. The molecular formula is C24H27NO4. The first-order chi connectivity index (χ1) is 14.0. The van der Waals surface area contributed by atoms with Crippen molar-refractivity contribution in [1.29, 1.82) is 0 Å². The van der Waals surface area contributed by atoms with Gasteiger partial charge < -0.3 is 14.4 Å². The van der Waals surface area contributed by atoms with Gasteiger partial charge in [-0.3, -0.25) is 9.59 Å². The Hall–Kier alpha value is -2.95. The van der Waals surface area contributed by atoms with Gasteiger partial charge in [-0.25, -0.2) is 0 Å². The van der Waals surface area contributed by atoms with Crippen molar-refractivity contribution < 1.29 is 19.1 Å². The minimum Gasteiger partial charge on any atom is -0.484 e. The van der Waals surface area contributed by atoms with E-state index < -0.39 is 0 Å². The summed E-state index contributed by atoms with van der Waals surface area (Å²) in [5.74, 6) is 0.893. The van der Waals surface area contributed by atoms with Gasteiger partial charge in [0.2, 0.25) is 0 Å². The number of rotatable bonds is 8. The van der Waals surface area contributed by atoms with E-state index in [4.69, 9.17) is 4.74 Å². The first-order valence-corrected chi connectivity index (χ1v) is 10.1. The quantitative estimate of drug-likeness (QED) is 0.642. The summed E-state index contributed by atoms with van der Waals surface area (Å²) < 4.78 is 5.62. The minimum atomic E-state index is -0.0590. The van der Waals surface area contributed by atoms with E-state index in [1.165, 1.54) is 0 Å². The summed E-state index contributed by atoms with van der Waals surface area (Å²) in [6.07, 6.45) is 2.61. The van der Waals surface area contributed by atoms with Crippen molar-refractivity contribution in [3.63, 3.8) is 0 Å². The van der Waals surface area contributed by atoms with Crippen molar-refractivity contribution in [3.8, 4) is 5.75 Å². The van der Waals surface area contributed by atoms with Crippen LogP contribution in [0.1, 0.15) is 42.1 Å². The molecule has 0 atom stereocenters. The molecule has 2 aromatic carbocycles. The maximum atomic E-state index is 12.6. The Balaban J connectivity index is 1.43. The molecule has 5 heteroatoms. The zero-order valence-corrected chi connectivity index (χ0v) is 16.8. The molecule has 1 heterocycles. The Morgan fingerprint density at radius 2 is 1.62 bits per heavy atom. The fraction of sp³-hybridized carbons (Fsp3) is 0.375. The highest BCUT2D eigenvalue weighted by Crippen LogP contribution is 2.22. The van der Waals surface area contributed by atoms with Crippen LogP contribution in [-0.4, -0.2) is 42.1 Å². The summed E-state index contributed by atoms with van der Waals surface area (Å²) >= 11 is 0. The van der Waals surface area contributed by atoms with Crippen molar-refractivity contribution in [2.45, 2.75) is 32.6 Å². The van der Waals surface area contributed by atoms with Crippen molar-refractivity contribution in [3.05, 3.63) is 65.7 Å². The van der Waals surface area contributed by atoms with Gasteiger partial charge in [0.05, 0.1) is 0 Å². The molecule has 1 saturated heterocycles. The van der Waals surface area contributed by atoms with E-state index in [1.807, 2.05) is 54.6 Å². The van der Waals surface area contributed by atoms with Gasteiger partial charge in [0.15, 0.2) is 12.4 Å². The second-order valence-electron chi connectivity index (χ2n) is 7.52. The molecule has 1 fully saturated rings. The lowest BCUT2D eigenvalue weighted by Crippen LogP contribution is -2.42. The Labute approximate surface area is 171 Å². The maximum Gasteiger partial charge on any atom is 0.260 e. The van der Waals surface area contributed by atoms with E-state index in [0.717, 1.165) is 11.1 Å². The molecule has 0 aromatic heterocycles. The lowest BCUT2D eigenvalue weighted by atomic mass is 9.89. The van der Waals surface area contributed by atoms with Crippen LogP contribution in [0.25, 0.3) is 0 Å². The molecule has 3 rings (SSSR count). The Kier molecular flexibility index (Phi) is 7.17. The first kappa shape index (κ1) is 20.8. The summed E-state index contributed by atoms with van der Waals surface area (Å²) in [6.45, 7) is 2.73. The highest BCUT2D eigenvalue weighted by Gasteiger charge is 2.27. The topological polar surface area (TPSA) is 63.7 Å². The number of hydrogen-bond donors (Lipinski definition) is 0. The van der Waals surface area contributed by atoms with Crippen molar-refractivity contribution in [2.24, 2.45) is 5.92 Å². The predicted molar refractivity (Wildman–Crippen MR) is 111 cm³/mol. The molecule has 0 unspecified atom stereocenters. The summed E-state index contributed by atoms with van der Waals surface area (Å²) in [5, 5.41) is 0. The third-order valence-corrected chi connectivity index (χ3v) is 5.33. The van der Waals surface area contributed by atoms with Gasteiger partial charge in [-0.15, -0.1) is 0 Å². The standard InChI is InChI=1S/C24H27NO4/c1-18(26)7-8-19-9-11-22(12-10-19)29-17-23(27)25-15-13-21(14-16-25)24(28)20-5-3-2-4-6-20/h2-6,9-12,21H,7-8,13-17H2,1H3. The van der Waals surface area contributed by atoms with E-state index in [9.17, 15) is 14.4 Å². The number of Topliss-reactive ketones (excluding diaryl/α,β-unsaturated/α-hetero) is 2. The number of amides is 1. The molecule has 0 N–H and O–H groups in total. The van der Waals surface area contributed by atoms with Crippen LogP contribution in [0.15, 0.2) is 54.6 Å².